The van der Waals surface area contributed by atoms with Crippen molar-refractivity contribution in [1.82, 2.24) is 14.5 Å². The van der Waals surface area contributed by atoms with Crippen molar-refractivity contribution < 1.29 is 13.2 Å². The second-order valence-corrected chi connectivity index (χ2v) is 9.50. The van der Waals surface area contributed by atoms with Crippen molar-refractivity contribution >= 4 is 15.9 Å². The Morgan fingerprint density at radius 2 is 1.78 bits per heavy atom. The standard InChI is InChI=1S/C20H31N3O3S/c24-20(21-12-8-15-22-13-5-2-6-14-22)18-9-7-16-23(17-18)27(25,26)19-10-3-1-4-11-19/h1,3-4,10-11,18H,2,5-9,12-17H2,(H,21,24)/t18-/m1/s1. The largest absolute Gasteiger partial charge is 0.356 e. The fourth-order valence-electron chi connectivity index (χ4n) is 3.96. The van der Waals surface area contributed by atoms with Crippen LogP contribution < -0.4 is 5.32 Å². The van der Waals surface area contributed by atoms with Gasteiger partial charge in [-0.3, -0.25) is 4.79 Å². The number of nitrogens with zero attached hydrogens (tertiary/aromatic N) is 2. The molecule has 2 aliphatic rings. The monoisotopic (exact) mass is 393 g/mol. The number of carbonyl (C=O) groups excluding carboxylic acids is 1. The van der Waals surface area contributed by atoms with Crippen LogP contribution in [0.5, 0.6) is 0 Å². The lowest BCUT2D eigenvalue weighted by atomic mass is 9.99. The first kappa shape index (κ1) is 20.3. The highest BCUT2D eigenvalue weighted by Gasteiger charge is 2.33. The minimum Gasteiger partial charge on any atom is -0.356 e. The quantitative estimate of drug-likeness (QED) is 0.720. The Bertz CT molecular complexity index is 702. The molecule has 2 aliphatic heterocycles. The molecule has 2 saturated heterocycles. The Hall–Kier alpha value is -1.44. The maximum Gasteiger partial charge on any atom is 0.243 e. The van der Waals surface area contributed by atoms with Crippen molar-refractivity contribution in [2.75, 3.05) is 39.3 Å². The van der Waals surface area contributed by atoms with Crippen LogP contribution in [-0.4, -0.2) is 62.8 Å². The second kappa shape index (κ2) is 9.66. The van der Waals surface area contributed by atoms with E-state index in [9.17, 15) is 13.2 Å². The molecule has 6 nitrogen and oxygen atoms in total. The summed E-state index contributed by atoms with van der Waals surface area (Å²) < 4.78 is 27.0. The van der Waals surface area contributed by atoms with Gasteiger partial charge >= 0.3 is 0 Å². The average Bonchev–Trinajstić information content (AvgIpc) is 2.72. The number of benzene rings is 1. The molecule has 2 fully saturated rings. The summed E-state index contributed by atoms with van der Waals surface area (Å²) in [5.74, 6) is -0.270. The van der Waals surface area contributed by atoms with Gasteiger partial charge in [-0.1, -0.05) is 24.6 Å². The lowest BCUT2D eigenvalue weighted by Gasteiger charge is -2.31. The summed E-state index contributed by atoms with van der Waals surface area (Å²) in [5, 5.41) is 3.02. The van der Waals surface area contributed by atoms with Gasteiger partial charge in [0.05, 0.1) is 10.8 Å². The first-order valence-corrected chi connectivity index (χ1v) is 11.6. The highest BCUT2D eigenvalue weighted by Crippen LogP contribution is 2.23. The van der Waals surface area contributed by atoms with Gasteiger partial charge in [-0.25, -0.2) is 8.42 Å². The van der Waals surface area contributed by atoms with Gasteiger partial charge in [-0.05, 0) is 63.9 Å². The lowest BCUT2D eigenvalue weighted by molar-refractivity contribution is -0.126. The highest BCUT2D eigenvalue weighted by molar-refractivity contribution is 7.89. The van der Waals surface area contributed by atoms with Crippen LogP contribution >= 0.6 is 0 Å². The SMILES string of the molecule is O=C(NCCCN1CCCCC1)[C@@H]1CCCN(S(=O)(=O)c2ccccc2)C1. The molecule has 1 atom stereocenters. The molecule has 0 saturated carbocycles. The van der Waals surface area contributed by atoms with Gasteiger partial charge in [0, 0.05) is 19.6 Å². The summed E-state index contributed by atoms with van der Waals surface area (Å²) in [6.07, 6.45) is 6.30. The minimum absolute atomic E-state index is 0.0124. The van der Waals surface area contributed by atoms with E-state index in [-0.39, 0.29) is 18.4 Å². The van der Waals surface area contributed by atoms with Crippen molar-refractivity contribution in [1.29, 1.82) is 0 Å². The minimum atomic E-state index is -3.52. The summed E-state index contributed by atoms with van der Waals surface area (Å²) in [4.78, 5) is 15.3. The Kier molecular flexibility index (Phi) is 7.26. The Labute approximate surface area is 163 Å². The molecule has 1 N–H and O–H groups in total. The number of hydrogen-bond donors (Lipinski definition) is 1. The zero-order valence-electron chi connectivity index (χ0n) is 16.0. The van der Waals surface area contributed by atoms with E-state index in [0.29, 0.717) is 18.0 Å². The summed E-state index contributed by atoms with van der Waals surface area (Å²) in [7, 11) is -3.52. The first-order chi connectivity index (χ1) is 13.1. The summed E-state index contributed by atoms with van der Waals surface area (Å²) in [5.41, 5.74) is 0. The zero-order chi connectivity index (χ0) is 19.1. The van der Waals surface area contributed by atoms with Gasteiger partial charge in [-0.2, -0.15) is 4.31 Å². The Balaban J connectivity index is 1.46. The molecule has 27 heavy (non-hydrogen) atoms. The van der Waals surface area contributed by atoms with Gasteiger partial charge in [0.25, 0.3) is 0 Å². The molecular weight excluding hydrogens is 362 g/mol. The molecule has 0 spiro atoms. The average molecular weight is 394 g/mol. The molecule has 0 aromatic heterocycles. The van der Waals surface area contributed by atoms with Crippen molar-refractivity contribution in [2.45, 2.75) is 43.4 Å². The molecule has 0 unspecified atom stereocenters. The van der Waals surface area contributed by atoms with Gasteiger partial charge < -0.3 is 10.2 Å². The number of likely N-dealkylation sites (tertiary alicyclic amines) is 1. The molecule has 3 rings (SSSR count). The fraction of sp³-hybridized carbons (Fsp3) is 0.650. The molecule has 7 heteroatoms. The number of amides is 1. The molecule has 0 aliphatic carbocycles. The third-order valence-electron chi connectivity index (χ3n) is 5.53. The van der Waals surface area contributed by atoms with E-state index in [0.717, 1.165) is 25.8 Å². The van der Waals surface area contributed by atoms with E-state index < -0.39 is 10.0 Å². The number of carbonyl (C=O) groups is 1. The Morgan fingerprint density at radius 1 is 1.04 bits per heavy atom. The number of hydrogen-bond acceptors (Lipinski definition) is 4. The van der Waals surface area contributed by atoms with E-state index >= 15 is 0 Å². The lowest BCUT2D eigenvalue weighted by Crippen LogP contribution is -2.45. The van der Waals surface area contributed by atoms with E-state index in [4.69, 9.17) is 0 Å². The van der Waals surface area contributed by atoms with Crippen molar-refractivity contribution in [3.8, 4) is 0 Å². The molecule has 0 radical (unpaired) electrons. The molecule has 1 aromatic rings. The van der Waals surface area contributed by atoms with Crippen LogP contribution in [0.25, 0.3) is 0 Å². The number of nitrogens with one attached hydrogen (secondary N) is 1. The molecule has 150 valence electrons. The normalized spacial score (nSPS) is 22.4. The van der Waals surface area contributed by atoms with Gasteiger partial charge in [0.15, 0.2) is 0 Å². The van der Waals surface area contributed by atoms with Gasteiger partial charge in [0.2, 0.25) is 15.9 Å². The number of piperidine rings is 2. The summed E-state index contributed by atoms with van der Waals surface area (Å²) in [6, 6.07) is 8.47. The molecular formula is C20H31N3O3S. The van der Waals surface area contributed by atoms with Crippen molar-refractivity contribution in [3.05, 3.63) is 30.3 Å². The van der Waals surface area contributed by atoms with E-state index in [1.54, 1.807) is 30.3 Å². The van der Waals surface area contributed by atoms with E-state index in [1.807, 2.05) is 0 Å². The van der Waals surface area contributed by atoms with Gasteiger partial charge in [0.1, 0.15) is 0 Å². The van der Waals surface area contributed by atoms with Crippen molar-refractivity contribution in [3.63, 3.8) is 0 Å². The molecule has 1 aromatic carbocycles. The number of sulfonamides is 1. The molecule has 0 bridgehead atoms. The second-order valence-electron chi connectivity index (χ2n) is 7.56. The van der Waals surface area contributed by atoms with E-state index in [2.05, 4.69) is 10.2 Å². The van der Waals surface area contributed by atoms with Gasteiger partial charge in [-0.15, -0.1) is 0 Å². The predicted octanol–water partition coefficient (Wildman–Crippen LogP) is 2.08. The van der Waals surface area contributed by atoms with Crippen LogP contribution in [0.1, 0.15) is 38.5 Å². The fourth-order valence-corrected chi connectivity index (χ4v) is 5.50. The third kappa shape index (κ3) is 5.53. The summed E-state index contributed by atoms with van der Waals surface area (Å²) in [6.45, 7) is 4.79. The molecule has 1 amide bonds. The van der Waals surface area contributed by atoms with Crippen LogP contribution in [0.15, 0.2) is 35.2 Å². The van der Waals surface area contributed by atoms with E-state index in [1.165, 1.54) is 36.7 Å². The smallest absolute Gasteiger partial charge is 0.243 e. The third-order valence-corrected chi connectivity index (χ3v) is 7.41. The van der Waals surface area contributed by atoms with Crippen LogP contribution in [0.3, 0.4) is 0 Å². The maximum atomic E-state index is 12.8. The highest BCUT2D eigenvalue weighted by atomic mass is 32.2. The summed E-state index contributed by atoms with van der Waals surface area (Å²) >= 11 is 0. The zero-order valence-corrected chi connectivity index (χ0v) is 16.8. The molecule has 2 heterocycles. The topological polar surface area (TPSA) is 69.7 Å². The van der Waals surface area contributed by atoms with Crippen LogP contribution in [-0.2, 0) is 14.8 Å². The van der Waals surface area contributed by atoms with Crippen molar-refractivity contribution in [2.24, 2.45) is 5.92 Å². The predicted molar refractivity (Wildman–Crippen MR) is 106 cm³/mol. The van der Waals surface area contributed by atoms with Crippen LogP contribution in [0.2, 0.25) is 0 Å². The number of rotatable bonds is 7. The Morgan fingerprint density at radius 3 is 2.52 bits per heavy atom. The van der Waals surface area contributed by atoms with Crippen LogP contribution in [0.4, 0.5) is 0 Å². The first-order valence-electron chi connectivity index (χ1n) is 10.1. The maximum absolute atomic E-state index is 12.8. The van der Waals surface area contributed by atoms with Crippen LogP contribution in [0, 0.1) is 5.92 Å².